The summed E-state index contributed by atoms with van der Waals surface area (Å²) in [7, 11) is 1.37. The second-order valence-electron chi connectivity index (χ2n) is 7.45. The Balaban J connectivity index is 1.97. The van der Waals surface area contributed by atoms with E-state index in [1.54, 1.807) is 4.90 Å². The van der Waals surface area contributed by atoms with Crippen LogP contribution in [0.3, 0.4) is 0 Å². The van der Waals surface area contributed by atoms with E-state index in [-0.39, 0.29) is 11.8 Å². The Kier molecular flexibility index (Phi) is 5.37. The van der Waals surface area contributed by atoms with Gasteiger partial charge in [-0.3, -0.25) is 4.79 Å². The molecule has 4 rings (SSSR count). The van der Waals surface area contributed by atoms with Gasteiger partial charge < -0.3 is 14.6 Å². The zero-order chi connectivity index (χ0) is 20.5. The number of nitrogens with one attached hydrogen (secondary N) is 1. The summed E-state index contributed by atoms with van der Waals surface area (Å²) in [6.45, 7) is 1.84. The van der Waals surface area contributed by atoms with Crippen molar-refractivity contribution >= 4 is 35.4 Å². The van der Waals surface area contributed by atoms with Crippen molar-refractivity contribution in [2.24, 2.45) is 5.92 Å². The van der Waals surface area contributed by atoms with Crippen molar-refractivity contribution in [2.45, 2.75) is 25.4 Å². The molecule has 0 radical (unpaired) electrons. The summed E-state index contributed by atoms with van der Waals surface area (Å²) in [6, 6.07) is 16.8. The summed E-state index contributed by atoms with van der Waals surface area (Å²) in [5.74, 6) is -0.414. The van der Waals surface area contributed by atoms with Crippen LogP contribution in [0.25, 0.3) is 10.9 Å². The Bertz CT molecular complexity index is 1050. The number of carbonyl (C=O) groups is 2. The molecule has 0 saturated heterocycles. The molecule has 1 aliphatic rings. The van der Waals surface area contributed by atoms with Gasteiger partial charge in [0.05, 0.1) is 13.2 Å². The van der Waals surface area contributed by atoms with Gasteiger partial charge in [-0.1, -0.05) is 55.5 Å². The zero-order valence-electron chi connectivity index (χ0n) is 16.5. The van der Waals surface area contributed by atoms with Gasteiger partial charge >= 0.3 is 5.97 Å². The summed E-state index contributed by atoms with van der Waals surface area (Å²) in [6.07, 6.45) is 0.417. The predicted octanol–water partition coefficient (Wildman–Crippen LogP) is 3.75. The SMILES string of the molecule is COC(=O)C1Cc2c([nH]c3ccccc23)C(c2ccccc2)N1C(=O)C(C)CS. The molecule has 3 atom stereocenters. The minimum atomic E-state index is -0.688. The average Bonchev–Trinajstić information content (AvgIpc) is 3.15. The fourth-order valence-corrected chi connectivity index (χ4v) is 4.35. The number of ether oxygens (including phenoxy) is 1. The number of esters is 1. The van der Waals surface area contributed by atoms with Crippen molar-refractivity contribution in [2.75, 3.05) is 12.9 Å². The van der Waals surface area contributed by atoms with Gasteiger partial charge in [0, 0.05) is 34.7 Å². The molecule has 6 heteroatoms. The van der Waals surface area contributed by atoms with Crippen molar-refractivity contribution in [1.29, 1.82) is 0 Å². The van der Waals surface area contributed by atoms with Gasteiger partial charge in [-0.25, -0.2) is 4.79 Å². The number of H-pyrrole nitrogens is 1. The number of rotatable bonds is 4. The van der Waals surface area contributed by atoms with Crippen molar-refractivity contribution < 1.29 is 14.3 Å². The molecule has 2 heterocycles. The molecule has 1 amide bonds. The summed E-state index contributed by atoms with van der Waals surface area (Å²) >= 11 is 4.32. The number of nitrogens with zero attached hydrogens (tertiary/aromatic N) is 1. The highest BCUT2D eigenvalue weighted by atomic mass is 32.1. The van der Waals surface area contributed by atoms with Crippen LogP contribution >= 0.6 is 12.6 Å². The predicted molar refractivity (Wildman–Crippen MR) is 116 cm³/mol. The Labute approximate surface area is 175 Å². The molecule has 1 aromatic heterocycles. The van der Waals surface area contributed by atoms with E-state index in [0.29, 0.717) is 12.2 Å². The number of aromatic amines is 1. The largest absolute Gasteiger partial charge is 0.467 e. The van der Waals surface area contributed by atoms with Gasteiger partial charge in [0.2, 0.25) is 5.91 Å². The van der Waals surface area contributed by atoms with E-state index >= 15 is 0 Å². The number of benzene rings is 2. The topological polar surface area (TPSA) is 62.4 Å². The van der Waals surface area contributed by atoms with E-state index in [1.807, 2.05) is 55.5 Å². The average molecular weight is 409 g/mol. The van der Waals surface area contributed by atoms with E-state index in [4.69, 9.17) is 4.74 Å². The fraction of sp³-hybridized carbons (Fsp3) is 0.304. The number of hydrogen-bond acceptors (Lipinski definition) is 4. The number of thiol groups is 1. The van der Waals surface area contributed by atoms with Crippen LogP contribution in [0.15, 0.2) is 54.6 Å². The first-order valence-electron chi connectivity index (χ1n) is 9.72. The number of carbonyl (C=O) groups excluding carboxylic acids is 2. The maximum absolute atomic E-state index is 13.4. The van der Waals surface area contributed by atoms with Gasteiger partial charge in [-0.15, -0.1) is 0 Å². The molecular formula is C23H24N2O3S. The molecule has 3 aromatic rings. The molecule has 2 aromatic carbocycles. The minimum Gasteiger partial charge on any atom is -0.467 e. The molecule has 1 aliphatic heterocycles. The van der Waals surface area contributed by atoms with Crippen LogP contribution in [0.5, 0.6) is 0 Å². The summed E-state index contributed by atoms with van der Waals surface area (Å²) in [5, 5.41) is 1.08. The van der Waals surface area contributed by atoms with E-state index in [9.17, 15) is 9.59 Å². The molecule has 0 saturated carbocycles. The molecule has 0 fully saturated rings. The third-order valence-corrected chi connectivity index (χ3v) is 6.22. The van der Waals surface area contributed by atoms with E-state index in [1.165, 1.54) is 7.11 Å². The summed E-state index contributed by atoms with van der Waals surface area (Å²) in [4.78, 5) is 31.4. The van der Waals surface area contributed by atoms with Crippen molar-refractivity contribution in [1.82, 2.24) is 9.88 Å². The second kappa shape index (κ2) is 7.95. The smallest absolute Gasteiger partial charge is 0.328 e. The Morgan fingerprint density at radius 1 is 1.17 bits per heavy atom. The lowest BCUT2D eigenvalue weighted by Crippen LogP contribution is -2.53. The lowest BCUT2D eigenvalue weighted by molar-refractivity contribution is -0.156. The lowest BCUT2D eigenvalue weighted by atomic mass is 9.87. The normalized spacial score (nSPS) is 19.6. The third kappa shape index (κ3) is 3.31. The number of para-hydroxylation sites is 1. The van der Waals surface area contributed by atoms with Crippen LogP contribution < -0.4 is 0 Å². The minimum absolute atomic E-state index is 0.103. The fourth-order valence-electron chi connectivity index (χ4n) is 4.19. The first-order valence-corrected chi connectivity index (χ1v) is 10.3. The maximum Gasteiger partial charge on any atom is 0.328 e. The van der Waals surface area contributed by atoms with Gasteiger partial charge in [0.1, 0.15) is 6.04 Å². The molecule has 29 heavy (non-hydrogen) atoms. The van der Waals surface area contributed by atoms with Gasteiger partial charge in [-0.05, 0) is 17.2 Å². The number of fused-ring (bicyclic) bond motifs is 3. The van der Waals surface area contributed by atoms with Crippen LogP contribution in [0.4, 0.5) is 0 Å². The molecular weight excluding hydrogens is 384 g/mol. The second-order valence-corrected chi connectivity index (χ2v) is 7.81. The van der Waals surface area contributed by atoms with Crippen LogP contribution in [-0.2, 0) is 20.7 Å². The highest BCUT2D eigenvalue weighted by molar-refractivity contribution is 7.80. The van der Waals surface area contributed by atoms with Crippen molar-refractivity contribution in [3.05, 3.63) is 71.4 Å². The Hall–Kier alpha value is -2.73. The molecule has 5 nitrogen and oxygen atoms in total. The molecule has 1 N–H and O–H groups in total. The summed E-state index contributed by atoms with van der Waals surface area (Å²) < 4.78 is 5.11. The van der Waals surface area contributed by atoms with Crippen LogP contribution in [0, 0.1) is 5.92 Å². The molecule has 0 aliphatic carbocycles. The maximum atomic E-state index is 13.4. The van der Waals surface area contributed by atoms with Gasteiger partial charge in [-0.2, -0.15) is 12.6 Å². The highest BCUT2D eigenvalue weighted by Gasteiger charge is 2.44. The standard InChI is InChI=1S/C23H24N2O3S/c1-14(13-29)22(26)25-19(23(27)28-2)12-17-16-10-6-7-11-18(16)24-20(17)21(25)15-8-4-3-5-9-15/h3-11,14,19,21,24,29H,12-13H2,1-2H3. The first kappa shape index (κ1) is 19.6. The van der Waals surface area contributed by atoms with E-state index in [0.717, 1.165) is 27.7 Å². The van der Waals surface area contributed by atoms with Crippen molar-refractivity contribution in [3.63, 3.8) is 0 Å². The van der Waals surface area contributed by atoms with Crippen LogP contribution in [0.1, 0.15) is 29.8 Å². The van der Waals surface area contributed by atoms with Gasteiger partial charge in [0.25, 0.3) is 0 Å². The molecule has 0 bridgehead atoms. The molecule has 150 valence electrons. The molecule has 3 unspecified atom stereocenters. The summed E-state index contributed by atoms with van der Waals surface area (Å²) in [5.41, 5.74) is 3.97. The number of amides is 1. The Morgan fingerprint density at radius 3 is 2.55 bits per heavy atom. The van der Waals surface area contributed by atoms with E-state index < -0.39 is 18.1 Å². The zero-order valence-corrected chi connectivity index (χ0v) is 17.4. The van der Waals surface area contributed by atoms with Gasteiger partial charge in [0.15, 0.2) is 0 Å². The number of hydrogen-bond donors (Lipinski definition) is 2. The lowest BCUT2D eigenvalue weighted by Gasteiger charge is -2.42. The number of aromatic nitrogens is 1. The highest BCUT2D eigenvalue weighted by Crippen LogP contribution is 2.41. The first-order chi connectivity index (χ1) is 14.1. The van der Waals surface area contributed by atoms with Crippen LogP contribution in [0.2, 0.25) is 0 Å². The van der Waals surface area contributed by atoms with Crippen LogP contribution in [-0.4, -0.2) is 40.7 Å². The van der Waals surface area contributed by atoms with Crippen molar-refractivity contribution in [3.8, 4) is 0 Å². The molecule has 0 spiro atoms. The monoisotopic (exact) mass is 408 g/mol. The quantitative estimate of drug-likeness (QED) is 0.511. The number of methoxy groups -OCH3 is 1. The Morgan fingerprint density at radius 2 is 1.86 bits per heavy atom. The van der Waals surface area contributed by atoms with E-state index in [2.05, 4.69) is 23.7 Å². The third-order valence-electron chi connectivity index (χ3n) is 5.67.